The minimum atomic E-state index is -0.627. The highest BCUT2D eigenvalue weighted by molar-refractivity contribution is 5.82. The third-order valence-electron chi connectivity index (χ3n) is 3.13. The van der Waals surface area contributed by atoms with Crippen LogP contribution in [-0.4, -0.2) is 19.2 Å². The van der Waals surface area contributed by atoms with Crippen LogP contribution in [0.1, 0.15) is 46.1 Å². The lowest BCUT2D eigenvalue weighted by molar-refractivity contribution is -0.148. The summed E-state index contributed by atoms with van der Waals surface area (Å²) in [6.07, 6.45) is 2.17. The second-order valence-corrected chi connectivity index (χ2v) is 5.07. The van der Waals surface area contributed by atoms with Gasteiger partial charge >= 0.3 is 5.97 Å². The van der Waals surface area contributed by atoms with Gasteiger partial charge in [-0.15, -0.1) is 0 Å². The molecule has 1 aromatic carbocycles. The molecule has 0 aliphatic carbocycles. The van der Waals surface area contributed by atoms with Crippen LogP contribution >= 0.6 is 0 Å². The lowest BCUT2D eigenvalue weighted by Gasteiger charge is -2.23. The van der Waals surface area contributed by atoms with Gasteiger partial charge in [0.15, 0.2) is 0 Å². The topological polar surface area (TPSA) is 35.5 Å². The van der Waals surface area contributed by atoms with E-state index in [2.05, 4.69) is 6.92 Å². The molecule has 3 heteroatoms. The fourth-order valence-corrected chi connectivity index (χ4v) is 1.73. The lowest BCUT2D eigenvalue weighted by Crippen LogP contribution is -2.31. The van der Waals surface area contributed by atoms with E-state index < -0.39 is 5.41 Å². The van der Waals surface area contributed by atoms with Crippen LogP contribution < -0.4 is 4.74 Å². The van der Waals surface area contributed by atoms with Gasteiger partial charge in [-0.1, -0.05) is 25.5 Å². The smallest absolute Gasteiger partial charge is 0.315 e. The maximum atomic E-state index is 11.9. The van der Waals surface area contributed by atoms with Gasteiger partial charge in [-0.05, 0) is 44.9 Å². The third kappa shape index (κ3) is 4.27. The molecule has 0 heterocycles. The summed E-state index contributed by atoms with van der Waals surface area (Å²) in [5.41, 5.74) is 0.312. The van der Waals surface area contributed by atoms with Crippen molar-refractivity contribution < 1.29 is 14.3 Å². The molecular weight excluding hydrogens is 240 g/mol. The van der Waals surface area contributed by atoms with Gasteiger partial charge in [0.1, 0.15) is 5.75 Å². The minimum absolute atomic E-state index is 0.199. The SMILES string of the molecule is CCCCOc1ccc(C(C)(C)C(=O)OCC)cc1. The van der Waals surface area contributed by atoms with E-state index in [4.69, 9.17) is 9.47 Å². The lowest BCUT2D eigenvalue weighted by atomic mass is 9.85. The van der Waals surface area contributed by atoms with E-state index in [0.29, 0.717) is 6.61 Å². The number of unbranched alkanes of at least 4 members (excludes halogenated alkanes) is 1. The molecule has 0 atom stereocenters. The van der Waals surface area contributed by atoms with Gasteiger partial charge in [-0.25, -0.2) is 0 Å². The van der Waals surface area contributed by atoms with E-state index >= 15 is 0 Å². The maximum absolute atomic E-state index is 11.9. The Morgan fingerprint density at radius 3 is 2.32 bits per heavy atom. The zero-order valence-electron chi connectivity index (χ0n) is 12.4. The quantitative estimate of drug-likeness (QED) is 0.556. The van der Waals surface area contributed by atoms with E-state index in [1.807, 2.05) is 45.0 Å². The van der Waals surface area contributed by atoms with Gasteiger partial charge in [0.25, 0.3) is 0 Å². The fourth-order valence-electron chi connectivity index (χ4n) is 1.73. The highest BCUT2D eigenvalue weighted by Gasteiger charge is 2.31. The first kappa shape index (κ1) is 15.5. The second-order valence-electron chi connectivity index (χ2n) is 5.07. The van der Waals surface area contributed by atoms with Crippen molar-refractivity contribution >= 4 is 5.97 Å². The summed E-state index contributed by atoms with van der Waals surface area (Å²) >= 11 is 0. The standard InChI is InChI=1S/C16H24O3/c1-5-7-12-19-14-10-8-13(9-11-14)16(3,4)15(17)18-6-2/h8-11H,5-7,12H2,1-4H3. The molecule has 0 saturated heterocycles. The second kappa shape index (κ2) is 7.17. The Balaban J connectivity index is 2.71. The normalized spacial score (nSPS) is 11.2. The van der Waals surface area contributed by atoms with Crippen LogP contribution in [-0.2, 0) is 14.9 Å². The zero-order chi connectivity index (χ0) is 14.3. The molecule has 0 aromatic heterocycles. The van der Waals surface area contributed by atoms with Gasteiger partial charge in [-0.3, -0.25) is 4.79 Å². The summed E-state index contributed by atoms with van der Waals surface area (Å²) in [5.74, 6) is 0.645. The van der Waals surface area contributed by atoms with Crippen molar-refractivity contribution in [3.05, 3.63) is 29.8 Å². The van der Waals surface area contributed by atoms with Gasteiger partial charge in [0, 0.05) is 0 Å². The van der Waals surface area contributed by atoms with Crippen molar-refractivity contribution in [3.8, 4) is 5.75 Å². The van der Waals surface area contributed by atoms with Gasteiger partial charge < -0.3 is 9.47 Å². The van der Waals surface area contributed by atoms with E-state index in [-0.39, 0.29) is 5.97 Å². The number of esters is 1. The predicted octanol–water partition coefficient (Wildman–Crippen LogP) is 3.71. The van der Waals surface area contributed by atoms with Crippen LogP contribution in [0.25, 0.3) is 0 Å². The van der Waals surface area contributed by atoms with Crippen LogP contribution in [0.4, 0.5) is 0 Å². The molecule has 0 unspecified atom stereocenters. The molecule has 0 aliphatic heterocycles. The molecular formula is C16H24O3. The third-order valence-corrected chi connectivity index (χ3v) is 3.13. The Bertz CT molecular complexity index is 393. The molecule has 0 fully saturated rings. The molecule has 3 nitrogen and oxygen atoms in total. The molecule has 0 spiro atoms. The van der Waals surface area contributed by atoms with Crippen LogP contribution in [0.15, 0.2) is 24.3 Å². The van der Waals surface area contributed by atoms with Crippen molar-refractivity contribution in [3.63, 3.8) is 0 Å². The Morgan fingerprint density at radius 2 is 1.79 bits per heavy atom. The molecule has 0 amide bonds. The maximum Gasteiger partial charge on any atom is 0.315 e. The van der Waals surface area contributed by atoms with Crippen molar-refractivity contribution in [2.45, 2.75) is 46.0 Å². The van der Waals surface area contributed by atoms with Crippen molar-refractivity contribution in [1.29, 1.82) is 0 Å². The first-order chi connectivity index (χ1) is 9.02. The van der Waals surface area contributed by atoms with Crippen LogP contribution in [0.2, 0.25) is 0 Å². The van der Waals surface area contributed by atoms with Gasteiger partial charge in [0.05, 0.1) is 18.6 Å². The molecule has 1 aromatic rings. The number of benzene rings is 1. The Labute approximate surface area is 115 Å². The molecule has 1 rings (SSSR count). The summed E-state index contributed by atoms with van der Waals surface area (Å²) in [5, 5.41) is 0. The summed E-state index contributed by atoms with van der Waals surface area (Å²) in [6, 6.07) is 7.67. The predicted molar refractivity (Wildman–Crippen MR) is 76.5 cm³/mol. The molecule has 0 bridgehead atoms. The molecule has 0 radical (unpaired) electrons. The number of hydrogen-bond donors (Lipinski definition) is 0. The first-order valence-corrected chi connectivity index (χ1v) is 6.93. The number of ether oxygens (including phenoxy) is 2. The summed E-state index contributed by atoms with van der Waals surface area (Å²) in [7, 11) is 0. The van der Waals surface area contributed by atoms with Crippen LogP contribution in [0.3, 0.4) is 0 Å². The minimum Gasteiger partial charge on any atom is -0.494 e. The largest absolute Gasteiger partial charge is 0.494 e. The number of rotatable bonds is 7. The Hall–Kier alpha value is -1.51. The molecule has 0 aliphatic rings. The Kier molecular flexibility index (Phi) is 5.87. The Morgan fingerprint density at radius 1 is 1.16 bits per heavy atom. The van der Waals surface area contributed by atoms with Crippen molar-refractivity contribution in [1.82, 2.24) is 0 Å². The molecule has 106 valence electrons. The fraction of sp³-hybridized carbons (Fsp3) is 0.562. The highest BCUT2D eigenvalue weighted by Crippen LogP contribution is 2.26. The molecule has 19 heavy (non-hydrogen) atoms. The van der Waals surface area contributed by atoms with E-state index in [9.17, 15) is 4.79 Å². The highest BCUT2D eigenvalue weighted by atomic mass is 16.5. The summed E-state index contributed by atoms with van der Waals surface area (Å²) in [6.45, 7) is 8.83. The van der Waals surface area contributed by atoms with E-state index in [1.54, 1.807) is 0 Å². The average molecular weight is 264 g/mol. The van der Waals surface area contributed by atoms with Crippen molar-refractivity contribution in [2.75, 3.05) is 13.2 Å². The van der Waals surface area contributed by atoms with Gasteiger partial charge in [-0.2, -0.15) is 0 Å². The van der Waals surface area contributed by atoms with Crippen LogP contribution in [0, 0.1) is 0 Å². The molecule has 0 N–H and O–H groups in total. The number of carbonyl (C=O) groups excluding carboxylic acids is 1. The monoisotopic (exact) mass is 264 g/mol. The number of carbonyl (C=O) groups is 1. The average Bonchev–Trinajstić information content (AvgIpc) is 2.40. The summed E-state index contributed by atoms with van der Waals surface area (Å²) < 4.78 is 10.7. The van der Waals surface area contributed by atoms with E-state index in [1.165, 1.54) is 0 Å². The first-order valence-electron chi connectivity index (χ1n) is 6.93. The summed E-state index contributed by atoms with van der Waals surface area (Å²) in [4.78, 5) is 11.9. The van der Waals surface area contributed by atoms with Crippen molar-refractivity contribution in [2.24, 2.45) is 0 Å². The zero-order valence-corrected chi connectivity index (χ0v) is 12.4. The molecule has 0 saturated carbocycles. The van der Waals surface area contributed by atoms with Crippen LogP contribution in [0.5, 0.6) is 5.75 Å². The van der Waals surface area contributed by atoms with Gasteiger partial charge in [0.2, 0.25) is 0 Å². The van der Waals surface area contributed by atoms with E-state index in [0.717, 1.165) is 30.8 Å². The number of hydrogen-bond acceptors (Lipinski definition) is 3.